The number of hydrogen-bond acceptors (Lipinski definition) is 2. The average Bonchev–Trinajstić information content (AvgIpc) is 2.50. The Labute approximate surface area is 198 Å². The van der Waals surface area contributed by atoms with Crippen LogP contribution < -0.4 is 0 Å². The first-order chi connectivity index (χ1) is 13.2. The van der Waals surface area contributed by atoms with Crippen LogP contribution in [0.5, 0.6) is 11.5 Å². The van der Waals surface area contributed by atoms with E-state index in [0.717, 1.165) is 24.3 Å². The first-order valence-electron chi connectivity index (χ1n) is 9.58. The Balaban J connectivity index is 1.69. The molecule has 0 aliphatic heterocycles. The molecule has 148 valence electrons. The molecule has 0 atom stereocenters. The van der Waals surface area contributed by atoms with Gasteiger partial charge in [-0.2, -0.15) is 0 Å². The summed E-state index contributed by atoms with van der Waals surface area (Å²) in [6.07, 6.45) is 7.25. The molecule has 0 saturated heterocycles. The van der Waals surface area contributed by atoms with Crippen molar-refractivity contribution >= 4 is 63.7 Å². The molecule has 0 unspecified atom stereocenters. The van der Waals surface area contributed by atoms with Gasteiger partial charge in [-0.3, -0.25) is 0 Å². The molecule has 0 aromatic heterocycles. The Morgan fingerprint density at radius 2 is 0.964 bits per heavy atom. The van der Waals surface area contributed by atoms with Crippen molar-refractivity contribution in [2.45, 2.75) is 49.4 Å². The van der Waals surface area contributed by atoms with Crippen LogP contribution in [0.4, 0.5) is 0 Å². The summed E-state index contributed by atoms with van der Waals surface area (Å²) in [5.41, 5.74) is 2.84. The molecule has 2 nitrogen and oxygen atoms in total. The van der Waals surface area contributed by atoms with Gasteiger partial charge in [-0.05, 0) is 96.6 Å². The Hall–Kier alpha value is -0.0400. The molecule has 0 spiro atoms. The first kappa shape index (κ1) is 19.9. The van der Waals surface area contributed by atoms with Gasteiger partial charge in [0.05, 0.1) is 0 Å². The normalized spacial score (nSPS) is 33.4. The zero-order valence-corrected chi connectivity index (χ0v) is 21.5. The van der Waals surface area contributed by atoms with Crippen molar-refractivity contribution in [1.29, 1.82) is 0 Å². The SMILES string of the molecule is Oc1cc(Br)c(C23CC4CC(C2)CC(c2c(Br)cc(O)cc2Br)(C4)C3)c(Br)c1. The predicted octanol–water partition coefficient (Wildman–Crippen LogP) is 7.94. The van der Waals surface area contributed by atoms with E-state index in [1.165, 1.54) is 43.2 Å². The highest BCUT2D eigenvalue weighted by Crippen LogP contribution is 2.68. The Morgan fingerprint density at radius 1 is 0.643 bits per heavy atom. The molecule has 4 saturated carbocycles. The van der Waals surface area contributed by atoms with Crippen LogP contribution in [0.1, 0.15) is 49.7 Å². The molecule has 28 heavy (non-hydrogen) atoms. The van der Waals surface area contributed by atoms with Crippen molar-refractivity contribution in [1.82, 2.24) is 0 Å². The number of halogens is 4. The van der Waals surface area contributed by atoms with Crippen LogP contribution >= 0.6 is 63.7 Å². The minimum absolute atomic E-state index is 0.103. The number of rotatable bonds is 2. The highest BCUT2D eigenvalue weighted by atomic mass is 79.9. The first-order valence-corrected chi connectivity index (χ1v) is 12.8. The number of phenolic OH excluding ortho intramolecular Hbond substituents is 2. The molecule has 2 N–H and O–H groups in total. The highest BCUT2D eigenvalue weighted by molar-refractivity contribution is 9.11. The summed E-state index contributed by atoms with van der Waals surface area (Å²) in [6, 6.07) is 7.32. The summed E-state index contributed by atoms with van der Waals surface area (Å²) in [5.74, 6) is 1.99. The van der Waals surface area contributed by atoms with E-state index in [0.29, 0.717) is 11.8 Å². The number of hydrogen-bond donors (Lipinski definition) is 2. The largest absolute Gasteiger partial charge is 0.508 e. The Bertz CT molecular complexity index is 851. The molecule has 6 rings (SSSR count). The third-order valence-corrected chi connectivity index (χ3v) is 9.68. The van der Waals surface area contributed by atoms with Crippen LogP contribution in [-0.4, -0.2) is 10.2 Å². The van der Waals surface area contributed by atoms with Crippen molar-refractivity contribution in [3.63, 3.8) is 0 Å². The maximum atomic E-state index is 10.0. The molecule has 0 radical (unpaired) electrons. The fourth-order valence-corrected chi connectivity index (χ4v) is 11.0. The standard InChI is InChI=1S/C22H20Br4O2/c23-15-2-13(27)3-16(24)19(15)21-6-11-1-12(7-21)9-22(8-11,10-21)20-17(25)4-14(28)5-18(20)26/h2-5,11-12,27-28H,1,6-10H2. The lowest BCUT2D eigenvalue weighted by atomic mass is 9.41. The minimum atomic E-state index is 0.103. The van der Waals surface area contributed by atoms with Gasteiger partial charge in [-0.25, -0.2) is 0 Å². The molecule has 2 aromatic rings. The van der Waals surface area contributed by atoms with Crippen molar-refractivity contribution < 1.29 is 10.2 Å². The van der Waals surface area contributed by atoms with Gasteiger partial charge in [0, 0.05) is 17.9 Å². The maximum absolute atomic E-state index is 10.0. The van der Waals surface area contributed by atoms with E-state index >= 15 is 0 Å². The van der Waals surface area contributed by atoms with Gasteiger partial charge < -0.3 is 10.2 Å². The quantitative estimate of drug-likeness (QED) is 0.352. The van der Waals surface area contributed by atoms with Gasteiger partial charge in [0.25, 0.3) is 0 Å². The van der Waals surface area contributed by atoms with Gasteiger partial charge in [0.1, 0.15) is 11.5 Å². The second-order valence-corrected chi connectivity index (χ2v) is 12.5. The lowest BCUT2D eigenvalue weighted by Crippen LogP contribution is -2.56. The highest BCUT2D eigenvalue weighted by Gasteiger charge is 2.60. The summed E-state index contributed by atoms with van der Waals surface area (Å²) in [6.45, 7) is 0. The van der Waals surface area contributed by atoms with Crippen molar-refractivity contribution in [2.75, 3.05) is 0 Å². The summed E-state index contributed by atoms with van der Waals surface area (Å²) in [5, 5.41) is 20.1. The van der Waals surface area contributed by atoms with Gasteiger partial charge in [-0.15, -0.1) is 0 Å². The van der Waals surface area contributed by atoms with Crippen molar-refractivity contribution in [3.8, 4) is 11.5 Å². The van der Waals surface area contributed by atoms with E-state index in [1.807, 2.05) is 24.3 Å². The molecule has 0 amide bonds. The monoisotopic (exact) mass is 632 g/mol. The van der Waals surface area contributed by atoms with Gasteiger partial charge >= 0.3 is 0 Å². The number of aromatic hydroxyl groups is 2. The Kier molecular flexibility index (Phi) is 4.78. The molecule has 2 aromatic carbocycles. The van der Waals surface area contributed by atoms with E-state index in [2.05, 4.69) is 63.7 Å². The lowest BCUT2D eigenvalue weighted by Gasteiger charge is -2.63. The molecule has 4 aliphatic rings. The Morgan fingerprint density at radius 3 is 1.29 bits per heavy atom. The van der Waals surface area contributed by atoms with E-state index in [4.69, 9.17) is 0 Å². The maximum Gasteiger partial charge on any atom is 0.117 e. The van der Waals surface area contributed by atoms with E-state index in [1.54, 1.807) is 0 Å². The zero-order valence-electron chi connectivity index (χ0n) is 15.1. The van der Waals surface area contributed by atoms with Crippen LogP contribution in [0, 0.1) is 11.8 Å². The van der Waals surface area contributed by atoms with Gasteiger partial charge in [0.15, 0.2) is 0 Å². The predicted molar refractivity (Wildman–Crippen MR) is 125 cm³/mol. The fourth-order valence-electron chi connectivity index (χ4n) is 6.98. The molecule has 4 aliphatic carbocycles. The summed E-state index contributed by atoms with van der Waals surface area (Å²) < 4.78 is 4.00. The average molecular weight is 636 g/mol. The summed E-state index contributed by atoms with van der Waals surface area (Å²) in [7, 11) is 0. The minimum Gasteiger partial charge on any atom is -0.508 e. The summed E-state index contributed by atoms with van der Waals surface area (Å²) in [4.78, 5) is 0. The zero-order chi connectivity index (χ0) is 19.8. The number of phenols is 2. The van der Waals surface area contributed by atoms with E-state index in [-0.39, 0.29) is 22.3 Å². The van der Waals surface area contributed by atoms with Crippen LogP contribution in [0.25, 0.3) is 0 Å². The fraction of sp³-hybridized carbons (Fsp3) is 0.455. The van der Waals surface area contributed by atoms with Crippen LogP contribution in [0.2, 0.25) is 0 Å². The third-order valence-electron chi connectivity index (χ3n) is 7.18. The molecule has 4 fully saturated rings. The molecular formula is C22H20Br4O2. The second kappa shape index (κ2) is 6.73. The molecule has 4 bridgehead atoms. The smallest absolute Gasteiger partial charge is 0.117 e. The van der Waals surface area contributed by atoms with Gasteiger partial charge in [0.2, 0.25) is 0 Å². The van der Waals surface area contributed by atoms with Crippen LogP contribution in [-0.2, 0) is 10.8 Å². The lowest BCUT2D eigenvalue weighted by molar-refractivity contribution is -0.0293. The van der Waals surface area contributed by atoms with E-state index < -0.39 is 0 Å². The van der Waals surface area contributed by atoms with Crippen molar-refractivity contribution in [3.05, 3.63) is 53.3 Å². The van der Waals surface area contributed by atoms with Crippen molar-refractivity contribution in [2.24, 2.45) is 11.8 Å². The summed E-state index contributed by atoms with van der Waals surface area (Å²) >= 11 is 15.0. The second-order valence-electron chi connectivity index (χ2n) is 9.09. The number of benzene rings is 2. The van der Waals surface area contributed by atoms with Crippen LogP contribution in [0.3, 0.4) is 0 Å². The molecular weight excluding hydrogens is 616 g/mol. The van der Waals surface area contributed by atoms with Gasteiger partial charge in [-0.1, -0.05) is 63.7 Å². The van der Waals surface area contributed by atoms with E-state index in [9.17, 15) is 10.2 Å². The molecule has 6 heteroatoms. The molecule has 0 heterocycles. The third kappa shape index (κ3) is 2.96. The van der Waals surface area contributed by atoms with Crippen LogP contribution in [0.15, 0.2) is 42.2 Å². The topological polar surface area (TPSA) is 40.5 Å².